The summed E-state index contributed by atoms with van der Waals surface area (Å²) < 4.78 is 10.7. The van der Waals surface area contributed by atoms with E-state index < -0.39 is 0 Å². The molecule has 1 aromatic carbocycles. The highest BCUT2D eigenvalue weighted by atomic mass is 16.5. The maximum Gasteiger partial charge on any atom is 0.123 e. The Hall–Kier alpha value is -2.01. The minimum Gasteiger partial charge on any atom is -0.497 e. The average molecular weight is 275 g/mol. The number of rotatable bonds is 6. The van der Waals surface area contributed by atoms with E-state index in [0.717, 1.165) is 29.3 Å². The predicted molar refractivity (Wildman–Crippen MR) is 78.1 cm³/mol. The van der Waals surface area contributed by atoms with Crippen LogP contribution in [0.1, 0.15) is 29.8 Å². The standard InChI is InChI=1S/C15H21N3O2/c1-10-12(9-17-18-10)8-16-11(2)14-7-13(19-3)5-6-15(14)20-4/h5-7,9,11,16H,8H2,1-4H3,(H,17,18). The Balaban J connectivity index is 2.11. The molecule has 5 nitrogen and oxygen atoms in total. The Bertz CT molecular complexity index is 566. The van der Waals surface area contributed by atoms with E-state index in [1.54, 1.807) is 14.2 Å². The van der Waals surface area contributed by atoms with Gasteiger partial charge in [0.25, 0.3) is 0 Å². The molecule has 0 saturated heterocycles. The van der Waals surface area contributed by atoms with Gasteiger partial charge in [-0.05, 0) is 32.0 Å². The van der Waals surface area contributed by atoms with E-state index in [0.29, 0.717) is 0 Å². The topological polar surface area (TPSA) is 59.2 Å². The number of aromatic nitrogens is 2. The number of hydrogen-bond donors (Lipinski definition) is 2. The molecule has 0 saturated carbocycles. The van der Waals surface area contributed by atoms with Crippen LogP contribution >= 0.6 is 0 Å². The van der Waals surface area contributed by atoms with Crippen molar-refractivity contribution in [1.29, 1.82) is 0 Å². The van der Waals surface area contributed by atoms with Crippen LogP contribution < -0.4 is 14.8 Å². The molecule has 0 spiro atoms. The molecule has 108 valence electrons. The van der Waals surface area contributed by atoms with Crippen LogP contribution in [0.3, 0.4) is 0 Å². The van der Waals surface area contributed by atoms with Crippen molar-refractivity contribution >= 4 is 0 Å². The lowest BCUT2D eigenvalue weighted by atomic mass is 10.1. The summed E-state index contributed by atoms with van der Waals surface area (Å²) in [5.41, 5.74) is 3.33. The van der Waals surface area contributed by atoms with E-state index in [4.69, 9.17) is 9.47 Å². The first-order valence-corrected chi connectivity index (χ1v) is 6.60. The predicted octanol–water partition coefficient (Wildman–Crippen LogP) is 2.59. The van der Waals surface area contributed by atoms with Gasteiger partial charge in [0.1, 0.15) is 11.5 Å². The Kier molecular flexibility index (Phi) is 4.63. The third-order valence-electron chi connectivity index (χ3n) is 3.44. The van der Waals surface area contributed by atoms with E-state index in [2.05, 4.69) is 22.4 Å². The summed E-state index contributed by atoms with van der Waals surface area (Å²) in [7, 11) is 3.34. The Morgan fingerprint density at radius 2 is 2.10 bits per heavy atom. The lowest BCUT2D eigenvalue weighted by molar-refractivity contribution is 0.391. The number of methoxy groups -OCH3 is 2. The number of aryl methyl sites for hydroxylation is 1. The van der Waals surface area contributed by atoms with Crippen molar-refractivity contribution in [3.05, 3.63) is 41.2 Å². The van der Waals surface area contributed by atoms with Crippen LogP contribution in [0.15, 0.2) is 24.4 Å². The van der Waals surface area contributed by atoms with E-state index in [1.807, 2.05) is 31.3 Å². The minimum atomic E-state index is 0.148. The van der Waals surface area contributed by atoms with Gasteiger partial charge < -0.3 is 14.8 Å². The van der Waals surface area contributed by atoms with Crippen molar-refractivity contribution < 1.29 is 9.47 Å². The molecule has 2 aromatic rings. The Labute approximate surface area is 119 Å². The Morgan fingerprint density at radius 3 is 2.70 bits per heavy atom. The number of ether oxygens (including phenoxy) is 2. The van der Waals surface area contributed by atoms with Crippen LogP contribution in [0.25, 0.3) is 0 Å². The van der Waals surface area contributed by atoms with Gasteiger partial charge in [0, 0.05) is 29.4 Å². The molecular weight excluding hydrogens is 254 g/mol. The van der Waals surface area contributed by atoms with Crippen molar-refractivity contribution in [2.45, 2.75) is 26.4 Å². The fourth-order valence-electron chi connectivity index (χ4n) is 2.10. The van der Waals surface area contributed by atoms with Gasteiger partial charge in [-0.3, -0.25) is 5.10 Å². The number of benzene rings is 1. The zero-order valence-corrected chi connectivity index (χ0v) is 12.4. The highest BCUT2D eigenvalue weighted by Crippen LogP contribution is 2.29. The molecule has 2 rings (SSSR count). The lowest BCUT2D eigenvalue weighted by Gasteiger charge is -2.18. The highest BCUT2D eigenvalue weighted by molar-refractivity contribution is 5.42. The van der Waals surface area contributed by atoms with Gasteiger partial charge >= 0.3 is 0 Å². The summed E-state index contributed by atoms with van der Waals surface area (Å²) in [5.74, 6) is 1.68. The molecule has 0 radical (unpaired) electrons. The average Bonchev–Trinajstić information content (AvgIpc) is 2.89. The molecule has 20 heavy (non-hydrogen) atoms. The van der Waals surface area contributed by atoms with Crippen LogP contribution in [0.2, 0.25) is 0 Å². The third-order valence-corrected chi connectivity index (χ3v) is 3.44. The van der Waals surface area contributed by atoms with Crippen molar-refractivity contribution in [2.24, 2.45) is 0 Å². The summed E-state index contributed by atoms with van der Waals surface area (Å²) in [5, 5.41) is 10.4. The maximum atomic E-state index is 5.41. The number of nitrogens with zero attached hydrogens (tertiary/aromatic N) is 1. The van der Waals surface area contributed by atoms with Crippen LogP contribution in [0, 0.1) is 6.92 Å². The molecule has 0 aliphatic carbocycles. The second-order valence-electron chi connectivity index (χ2n) is 4.73. The maximum absolute atomic E-state index is 5.41. The molecule has 0 bridgehead atoms. The fraction of sp³-hybridized carbons (Fsp3) is 0.400. The molecule has 1 atom stereocenters. The first kappa shape index (κ1) is 14.4. The molecule has 1 unspecified atom stereocenters. The molecule has 0 aliphatic heterocycles. The van der Waals surface area contributed by atoms with Crippen molar-refractivity contribution in [3.63, 3.8) is 0 Å². The largest absolute Gasteiger partial charge is 0.497 e. The smallest absolute Gasteiger partial charge is 0.123 e. The van der Waals surface area contributed by atoms with Gasteiger partial charge in [0.05, 0.1) is 20.4 Å². The second-order valence-corrected chi connectivity index (χ2v) is 4.73. The van der Waals surface area contributed by atoms with Gasteiger partial charge in [0.2, 0.25) is 0 Å². The highest BCUT2D eigenvalue weighted by Gasteiger charge is 2.13. The van der Waals surface area contributed by atoms with Crippen molar-refractivity contribution in [2.75, 3.05) is 14.2 Å². The van der Waals surface area contributed by atoms with Crippen LogP contribution in [0.5, 0.6) is 11.5 Å². The third kappa shape index (κ3) is 3.11. The summed E-state index contributed by atoms with van der Waals surface area (Å²) in [4.78, 5) is 0. The normalized spacial score (nSPS) is 12.2. The van der Waals surface area contributed by atoms with E-state index in [1.165, 1.54) is 5.56 Å². The number of hydrogen-bond acceptors (Lipinski definition) is 4. The molecule has 0 aliphatic rings. The van der Waals surface area contributed by atoms with Gasteiger partial charge in [-0.15, -0.1) is 0 Å². The number of aromatic amines is 1. The molecule has 5 heteroatoms. The summed E-state index contributed by atoms with van der Waals surface area (Å²) in [6, 6.07) is 5.97. The van der Waals surface area contributed by atoms with Crippen molar-refractivity contribution in [1.82, 2.24) is 15.5 Å². The van der Waals surface area contributed by atoms with Crippen molar-refractivity contribution in [3.8, 4) is 11.5 Å². The number of H-pyrrole nitrogens is 1. The second kappa shape index (κ2) is 6.43. The monoisotopic (exact) mass is 275 g/mol. The van der Waals surface area contributed by atoms with Crippen LogP contribution in [-0.4, -0.2) is 24.4 Å². The molecule has 2 N–H and O–H groups in total. The first-order chi connectivity index (χ1) is 9.65. The fourth-order valence-corrected chi connectivity index (χ4v) is 2.10. The van der Waals surface area contributed by atoms with Gasteiger partial charge in [0.15, 0.2) is 0 Å². The van der Waals surface area contributed by atoms with E-state index >= 15 is 0 Å². The van der Waals surface area contributed by atoms with E-state index in [9.17, 15) is 0 Å². The number of nitrogens with one attached hydrogen (secondary N) is 2. The van der Waals surface area contributed by atoms with Gasteiger partial charge in [-0.25, -0.2) is 0 Å². The molecule has 0 fully saturated rings. The zero-order chi connectivity index (χ0) is 14.5. The van der Waals surface area contributed by atoms with Gasteiger partial charge in [-0.2, -0.15) is 5.10 Å². The van der Waals surface area contributed by atoms with E-state index in [-0.39, 0.29) is 6.04 Å². The summed E-state index contributed by atoms with van der Waals surface area (Å²) in [6.07, 6.45) is 1.85. The SMILES string of the molecule is COc1ccc(OC)c(C(C)NCc2cn[nH]c2C)c1. The zero-order valence-electron chi connectivity index (χ0n) is 12.4. The summed E-state index contributed by atoms with van der Waals surface area (Å²) >= 11 is 0. The first-order valence-electron chi connectivity index (χ1n) is 6.60. The van der Waals surface area contributed by atoms with Crippen LogP contribution in [-0.2, 0) is 6.54 Å². The molecule has 1 aromatic heterocycles. The molecular formula is C15H21N3O2. The Morgan fingerprint density at radius 1 is 1.30 bits per heavy atom. The quantitative estimate of drug-likeness (QED) is 0.850. The lowest BCUT2D eigenvalue weighted by Crippen LogP contribution is -2.19. The summed E-state index contributed by atoms with van der Waals surface area (Å²) in [6.45, 7) is 4.87. The molecule has 1 heterocycles. The van der Waals surface area contributed by atoms with Gasteiger partial charge in [-0.1, -0.05) is 0 Å². The molecule has 0 amide bonds. The van der Waals surface area contributed by atoms with Crippen LogP contribution in [0.4, 0.5) is 0 Å². The minimum absolute atomic E-state index is 0.148.